The van der Waals surface area contributed by atoms with Crippen LogP contribution >= 0.6 is 0 Å². The Labute approximate surface area is 121 Å². The summed E-state index contributed by atoms with van der Waals surface area (Å²) in [6.45, 7) is 4.07. The highest BCUT2D eigenvalue weighted by Crippen LogP contribution is 2.30. The van der Waals surface area contributed by atoms with Gasteiger partial charge in [-0.3, -0.25) is 0 Å². The molecule has 1 rings (SSSR count). The van der Waals surface area contributed by atoms with E-state index < -0.39 is 29.3 Å². The van der Waals surface area contributed by atoms with Crippen LogP contribution in [0.15, 0.2) is 0 Å². The first kappa shape index (κ1) is 17.4. The van der Waals surface area contributed by atoms with Crippen LogP contribution in [0.4, 0.5) is 3.89 Å². The number of hydrogen-bond acceptors (Lipinski definition) is 7. The van der Waals surface area contributed by atoms with E-state index >= 15 is 0 Å². The second-order valence-electron chi connectivity index (χ2n) is 4.33. The van der Waals surface area contributed by atoms with Crippen LogP contribution in [0.25, 0.3) is 0 Å². The maximum atomic E-state index is 12.8. The van der Waals surface area contributed by atoms with E-state index in [1.807, 2.05) is 0 Å². The summed E-state index contributed by atoms with van der Waals surface area (Å²) in [6.07, 6.45) is 0. The van der Waals surface area contributed by atoms with E-state index in [0.29, 0.717) is 0 Å². The number of esters is 1. The van der Waals surface area contributed by atoms with Crippen LogP contribution in [0, 0.1) is 20.8 Å². The van der Waals surface area contributed by atoms with E-state index in [4.69, 9.17) is 0 Å². The molecule has 0 aliphatic carbocycles. The van der Waals surface area contributed by atoms with Gasteiger partial charge in [0.25, 0.3) is 0 Å². The van der Waals surface area contributed by atoms with E-state index in [9.17, 15) is 27.1 Å². The average Bonchev–Trinajstić information content (AvgIpc) is 2.32. The maximum Gasteiger partial charge on any atom is 0.489 e. The standard InChI is InChI=1S/C11H14BFO7S/c1-5-8(11(14)19-4)6(2)10(20-21(13,17)18)7(3)9(5)12(15)16/h15-16H,1-4H3. The predicted molar refractivity (Wildman–Crippen MR) is 72.5 cm³/mol. The Morgan fingerprint density at radius 3 is 2.05 bits per heavy atom. The second-order valence-corrected chi connectivity index (χ2v) is 5.29. The van der Waals surface area contributed by atoms with Crippen molar-refractivity contribution in [1.82, 2.24) is 0 Å². The Kier molecular flexibility index (Phi) is 4.97. The zero-order chi connectivity index (χ0) is 16.5. The van der Waals surface area contributed by atoms with Crippen molar-refractivity contribution in [3.8, 4) is 5.75 Å². The topological polar surface area (TPSA) is 110 Å². The first-order valence-electron chi connectivity index (χ1n) is 5.73. The summed E-state index contributed by atoms with van der Waals surface area (Å²) in [4.78, 5) is 11.8. The van der Waals surface area contributed by atoms with Gasteiger partial charge in [0.15, 0.2) is 5.75 Å². The molecule has 0 spiro atoms. The first-order chi connectivity index (χ1) is 9.51. The SMILES string of the molecule is COC(=O)c1c(C)c(OS(=O)(=O)F)c(C)c(B(O)O)c1C. The molecule has 0 saturated carbocycles. The van der Waals surface area contributed by atoms with Crippen molar-refractivity contribution in [3.05, 3.63) is 22.3 Å². The fraction of sp³-hybridized carbons (Fsp3) is 0.364. The normalized spacial score (nSPS) is 11.2. The molecule has 0 aromatic heterocycles. The number of methoxy groups -OCH3 is 1. The van der Waals surface area contributed by atoms with Gasteiger partial charge in [-0.25, -0.2) is 4.79 Å². The summed E-state index contributed by atoms with van der Waals surface area (Å²) in [5.41, 5.74) is -0.0868. The largest absolute Gasteiger partial charge is 0.489 e. The number of carbonyl (C=O) groups excluding carboxylic acids is 1. The molecule has 0 unspecified atom stereocenters. The van der Waals surface area contributed by atoms with Crippen molar-refractivity contribution in [2.75, 3.05) is 7.11 Å². The van der Waals surface area contributed by atoms with Gasteiger partial charge in [0, 0.05) is 5.56 Å². The molecule has 0 heterocycles. The Morgan fingerprint density at radius 1 is 1.14 bits per heavy atom. The Balaban J connectivity index is 3.80. The van der Waals surface area contributed by atoms with Gasteiger partial charge in [-0.05, 0) is 37.4 Å². The second kappa shape index (κ2) is 6.00. The van der Waals surface area contributed by atoms with Crippen molar-refractivity contribution in [1.29, 1.82) is 0 Å². The van der Waals surface area contributed by atoms with Crippen LogP contribution in [0.5, 0.6) is 5.75 Å². The lowest BCUT2D eigenvalue weighted by atomic mass is 9.72. The zero-order valence-corrected chi connectivity index (χ0v) is 12.6. The minimum Gasteiger partial charge on any atom is -0.465 e. The fourth-order valence-electron chi connectivity index (χ4n) is 2.23. The predicted octanol–water partition coefficient (Wildman–Crippen LogP) is -0.329. The molecule has 0 aliphatic heterocycles. The van der Waals surface area contributed by atoms with E-state index in [-0.39, 0.29) is 27.7 Å². The highest BCUT2D eigenvalue weighted by Gasteiger charge is 2.30. The van der Waals surface area contributed by atoms with E-state index in [2.05, 4.69) is 8.92 Å². The van der Waals surface area contributed by atoms with E-state index in [0.717, 1.165) is 7.11 Å². The molecule has 0 bridgehead atoms. The minimum absolute atomic E-state index is 0.00567. The lowest BCUT2D eigenvalue weighted by molar-refractivity contribution is 0.0598. The van der Waals surface area contributed by atoms with Crippen LogP contribution in [0.2, 0.25) is 0 Å². The van der Waals surface area contributed by atoms with Gasteiger partial charge in [0.05, 0.1) is 12.7 Å². The summed E-state index contributed by atoms with van der Waals surface area (Å²) in [7, 11) is -6.24. The molecule has 21 heavy (non-hydrogen) atoms. The van der Waals surface area contributed by atoms with Crippen molar-refractivity contribution >= 4 is 29.1 Å². The van der Waals surface area contributed by atoms with E-state index in [1.165, 1.54) is 20.8 Å². The Hall–Kier alpha value is -1.65. The highest BCUT2D eigenvalue weighted by molar-refractivity contribution is 7.81. The lowest BCUT2D eigenvalue weighted by Crippen LogP contribution is -2.37. The summed E-state index contributed by atoms with van der Waals surface area (Å²) < 4.78 is 43.0. The summed E-state index contributed by atoms with van der Waals surface area (Å²) >= 11 is 0. The molecule has 0 amide bonds. The van der Waals surface area contributed by atoms with Gasteiger partial charge in [0.1, 0.15) is 0 Å². The molecule has 7 nitrogen and oxygen atoms in total. The number of benzene rings is 1. The van der Waals surface area contributed by atoms with Crippen LogP contribution in [0.1, 0.15) is 27.0 Å². The van der Waals surface area contributed by atoms with Gasteiger partial charge < -0.3 is 19.0 Å². The third kappa shape index (κ3) is 3.52. The third-order valence-electron chi connectivity index (χ3n) is 3.07. The lowest BCUT2D eigenvalue weighted by Gasteiger charge is -2.19. The highest BCUT2D eigenvalue weighted by atomic mass is 32.3. The molecule has 1 aromatic rings. The van der Waals surface area contributed by atoms with Crippen molar-refractivity contribution < 1.29 is 36.1 Å². The molecule has 10 heteroatoms. The average molecular weight is 320 g/mol. The molecular formula is C11H14BFO7S. The summed E-state index contributed by atoms with van der Waals surface area (Å²) in [6, 6.07) is 0. The van der Waals surface area contributed by atoms with E-state index in [1.54, 1.807) is 0 Å². The van der Waals surface area contributed by atoms with Gasteiger partial charge in [-0.15, -0.1) is 0 Å². The monoisotopic (exact) mass is 320 g/mol. The van der Waals surface area contributed by atoms with Gasteiger partial charge in [-0.1, -0.05) is 3.89 Å². The van der Waals surface area contributed by atoms with Crippen molar-refractivity contribution in [2.45, 2.75) is 20.8 Å². The molecule has 0 saturated heterocycles. The Morgan fingerprint density at radius 2 is 1.67 bits per heavy atom. The number of ether oxygens (including phenoxy) is 1. The molecule has 0 radical (unpaired) electrons. The van der Waals surface area contributed by atoms with Crippen molar-refractivity contribution in [2.24, 2.45) is 0 Å². The van der Waals surface area contributed by atoms with Crippen LogP contribution in [-0.4, -0.2) is 38.7 Å². The first-order valence-corrected chi connectivity index (χ1v) is 7.04. The molecule has 0 fully saturated rings. The molecular weight excluding hydrogens is 306 g/mol. The number of carbonyl (C=O) groups is 1. The van der Waals surface area contributed by atoms with Gasteiger partial charge in [0.2, 0.25) is 0 Å². The molecule has 0 atom stereocenters. The zero-order valence-electron chi connectivity index (χ0n) is 11.8. The maximum absolute atomic E-state index is 12.8. The third-order valence-corrected chi connectivity index (χ3v) is 3.44. The van der Waals surface area contributed by atoms with Crippen LogP contribution in [-0.2, 0) is 15.2 Å². The van der Waals surface area contributed by atoms with Gasteiger partial charge >= 0.3 is 23.6 Å². The number of hydrogen-bond donors (Lipinski definition) is 2. The molecule has 1 aromatic carbocycles. The smallest absolute Gasteiger partial charge is 0.465 e. The van der Waals surface area contributed by atoms with Crippen LogP contribution in [0.3, 0.4) is 0 Å². The number of halogens is 1. The van der Waals surface area contributed by atoms with Crippen molar-refractivity contribution in [3.63, 3.8) is 0 Å². The number of rotatable bonds is 4. The van der Waals surface area contributed by atoms with Crippen LogP contribution < -0.4 is 9.65 Å². The summed E-state index contributed by atoms with van der Waals surface area (Å²) in [5.74, 6) is -1.32. The van der Waals surface area contributed by atoms with Gasteiger partial charge in [-0.2, -0.15) is 8.42 Å². The Bertz CT molecular complexity index is 685. The molecule has 2 N–H and O–H groups in total. The minimum atomic E-state index is -5.34. The fourth-order valence-corrected chi connectivity index (χ4v) is 2.68. The molecule has 0 aliphatic rings. The quantitative estimate of drug-likeness (QED) is 0.444. The molecule has 116 valence electrons. The summed E-state index contributed by atoms with van der Waals surface area (Å²) in [5, 5.41) is 18.8.